The molecular formula is C34H30N6O3. The number of hydrogen-bond donors (Lipinski definition) is 3. The normalized spacial score (nSPS) is 13.1. The lowest BCUT2D eigenvalue weighted by Crippen LogP contribution is -2.31. The highest BCUT2D eigenvalue weighted by Crippen LogP contribution is 2.36. The number of nitrogens with zero attached hydrogens (tertiary/aromatic N) is 3. The molecule has 0 spiro atoms. The van der Waals surface area contributed by atoms with Crippen LogP contribution in [0.15, 0.2) is 97.5 Å². The molecule has 0 saturated carbocycles. The Bertz CT molecular complexity index is 1870. The number of aromatic nitrogens is 3. The van der Waals surface area contributed by atoms with Gasteiger partial charge in [0, 0.05) is 53.8 Å². The second kappa shape index (κ2) is 11.0. The Hall–Kier alpha value is -5.57. The van der Waals surface area contributed by atoms with Crippen LogP contribution in [0.4, 0.5) is 21.9 Å². The van der Waals surface area contributed by atoms with Gasteiger partial charge in [0.15, 0.2) is 0 Å². The monoisotopic (exact) mass is 570 g/mol. The molecule has 1 aliphatic rings. The summed E-state index contributed by atoms with van der Waals surface area (Å²) in [5.74, 6) is -0.0592. The van der Waals surface area contributed by atoms with Gasteiger partial charge in [-0.1, -0.05) is 63.2 Å². The molecule has 1 aliphatic heterocycles. The third kappa shape index (κ3) is 5.65. The molecule has 2 aromatic heterocycles. The van der Waals surface area contributed by atoms with Crippen molar-refractivity contribution in [2.75, 3.05) is 15.5 Å². The van der Waals surface area contributed by atoms with E-state index >= 15 is 0 Å². The summed E-state index contributed by atoms with van der Waals surface area (Å²) in [7, 11) is 0. The Balaban J connectivity index is 1.28. The SMILES string of the molecule is CC(C)(C)c1ccc(N2C(=O)C=CC2=O)c(NC(=O)Nc2ccc(-c3ccc(Cc4ncc[nH]4)nc3)c3ccccc23)c1. The van der Waals surface area contributed by atoms with Crippen molar-refractivity contribution in [2.24, 2.45) is 0 Å². The summed E-state index contributed by atoms with van der Waals surface area (Å²) in [4.78, 5) is 51.4. The maximum absolute atomic E-state index is 13.4. The number of anilines is 3. The molecule has 3 aromatic carbocycles. The van der Waals surface area contributed by atoms with Gasteiger partial charge in [-0.2, -0.15) is 0 Å². The standard InChI is InChI=1S/C34H30N6O3/c1-34(2,3)22-9-13-29(40-31(41)14-15-32(40)42)28(18-22)39-33(43)38-27-12-11-24(25-6-4-5-7-26(25)27)21-8-10-23(37-20-21)19-30-35-16-17-36-30/h4-18,20H,19H2,1-3H3,(H,35,36)(H2,38,39,43). The van der Waals surface area contributed by atoms with Gasteiger partial charge in [-0.05, 0) is 46.2 Å². The maximum Gasteiger partial charge on any atom is 0.323 e. The first kappa shape index (κ1) is 27.6. The topological polar surface area (TPSA) is 120 Å². The molecule has 0 fully saturated rings. The van der Waals surface area contributed by atoms with E-state index in [4.69, 9.17) is 0 Å². The van der Waals surface area contributed by atoms with Crippen molar-refractivity contribution >= 4 is 45.7 Å². The number of amides is 4. The largest absolute Gasteiger partial charge is 0.348 e. The zero-order valence-electron chi connectivity index (χ0n) is 24.0. The number of carbonyl (C=O) groups is 3. The lowest BCUT2D eigenvalue weighted by atomic mass is 9.86. The number of benzene rings is 3. The molecule has 4 amide bonds. The first-order chi connectivity index (χ1) is 20.7. The molecular weight excluding hydrogens is 540 g/mol. The van der Waals surface area contributed by atoms with E-state index in [0.717, 1.165) is 43.9 Å². The average Bonchev–Trinajstić information content (AvgIpc) is 3.62. The minimum absolute atomic E-state index is 0.222. The fourth-order valence-corrected chi connectivity index (χ4v) is 5.13. The maximum atomic E-state index is 13.4. The number of rotatable bonds is 6. The van der Waals surface area contributed by atoms with Crippen LogP contribution in [0.2, 0.25) is 0 Å². The van der Waals surface area contributed by atoms with E-state index in [1.807, 2.05) is 60.8 Å². The van der Waals surface area contributed by atoms with E-state index in [-0.39, 0.29) is 5.41 Å². The molecule has 0 aliphatic carbocycles. The van der Waals surface area contributed by atoms with E-state index in [1.54, 1.807) is 24.5 Å². The first-order valence-electron chi connectivity index (χ1n) is 13.9. The number of hydrogen-bond acceptors (Lipinski definition) is 5. The summed E-state index contributed by atoms with van der Waals surface area (Å²) in [6.45, 7) is 6.15. The molecule has 0 radical (unpaired) electrons. The van der Waals surface area contributed by atoms with Crippen LogP contribution in [0.5, 0.6) is 0 Å². The zero-order chi connectivity index (χ0) is 30.1. The highest BCUT2D eigenvalue weighted by Gasteiger charge is 2.29. The van der Waals surface area contributed by atoms with Crippen molar-refractivity contribution in [1.29, 1.82) is 0 Å². The van der Waals surface area contributed by atoms with Crippen LogP contribution >= 0.6 is 0 Å². The van der Waals surface area contributed by atoms with E-state index in [0.29, 0.717) is 23.5 Å². The number of nitrogens with one attached hydrogen (secondary N) is 3. The van der Waals surface area contributed by atoms with Crippen LogP contribution in [0.25, 0.3) is 21.9 Å². The Kier molecular flexibility index (Phi) is 7.07. The van der Waals surface area contributed by atoms with E-state index in [9.17, 15) is 14.4 Å². The van der Waals surface area contributed by atoms with Gasteiger partial charge in [0.2, 0.25) is 0 Å². The summed E-state index contributed by atoms with van der Waals surface area (Å²) >= 11 is 0. The van der Waals surface area contributed by atoms with Gasteiger partial charge in [-0.15, -0.1) is 0 Å². The number of imidazole rings is 1. The Morgan fingerprint density at radius 1 is 0.860 bits per heavy atom. The molecule has 3 heterocycles. The molecule has 43 heavy (non-hydrogen) atoms. The van der Waals surface area contributed by atoms with Crippen molar-refractivity contribution in [2.45, 2.75) is 32.6 Å². The zero-order valence-corrected chi connectivity index (χ0v) is 24.0. The predicted molar refractivity (Wildman–Crippen MR) is 168 cm³/mol. The molecule has 9 heteroatoms. The van der Waals surface area contributed by atoms with Crippen molar-refractivity contribution in [3.05, 3.63) is 115 Å². The molecule has 0 bridgehead atoms. The van der Waals surface area contributed by atoms with Crippen molar-refractivity contribution < 1.29 is 14.4 Å². The minimum atomic E-state index is -0.499. The van der Waals surface area contributed by atoms with Gasteiger partial charge in [0.05, 0.1) is 17.1 Å². The van der Waals surface area contributed by atoms with Gasteiger partial charge >= 0.3 is 6.03 Å². The van der Waals surface area contributed by atoms with E-state index in [1.165, 1.54) is 12.2 Å². The van der Waals surface area contributed by atoms with Gasteiger partial charge in [0.1, 0.15) is 5.82 Å². The number of imide groups is 1. The van der Waals surface area contributed by atoms with Crippen LogP contribution < -0.4 is 15.5 Å². The van der Waals surface area contributed by atoms with Gasteiger partial charge < -0.3 is 15.6 Å². The number of pyridine rings is 1. The van der Waals surface area contributed by atoms with Gasteiger partial charge in [0.25, 0.3) is 11.8 Å². The molecule has 3 N–H and O–H groups in total. The Labute approximate surface area is 248 Å². The minimum Gasteiger partial charge on any atom is -0.348 e. The third-order valence-corrected chi connectivity index (χ3v) is 7.37. The Morgan fingerprint density at radius 2 is 1.60 bits per heavy atom. The average molecular weight is 571 g/mol. The number of urea groups is 1. The smallest absolute Gasteiger partial charge is 0.323 e. The predicted octanol–water partition coefficient (Wildman–Crippen LogP) is 6.59. The highest BCUT2D eigenvalue weighted by molar-refractivity contribution is 6.29. The number of H-pyrrole nitrogens is 1. The molecule has 0 atom stereocenters. The molecule has 6 rings (SSSR count). The highest BCUT2D eigenvalue weighted by atomic mass is 16.2. The number of aromatic amines is 1. The summed E-state index contributed by atoms with van der Waals surface area (Å²) in [6.07, 6.45) is 8.42. The van der Waals surface area contributed by atoms with Crippen molar-refractivity contribution in [1.82, 2.24) is 15.0 Å². The summed E-state index contributed by atoms with van der Waals surface area (Å²) in [6, 6.07) is 20.5. The molecule has 0 unspecified atom stereocenters. The number of carbonyl (C=O) groups excluding carboxylic acids is 3. The van der Waals surface area contributed by atoms with Crippen molar-refractivity contribution in [3.63, 3.8) is 0 Å². The summed E-state index contributed by atoms with van der Waals surface area (Å²) < 4.78 is 0. The number of fused-ring (bicyclic) bond motifs is 1. The lowest BCUT2D eigenvalue weighted by molar-refractivity contribution is -0.119. The quantitative estimate of drug-likeness (QED) is 0.199. The van der Waals surface area contributed by atoms with Crippen LogP contribution in [0.3, 0.4) is 0 Å². The van der Waals surface area contributed by atoms with E-state index in [2.05, 4.69) is 46.4 Å². The second-order valence-corrected chi connectivity index (χ2v) is 11.4. The van der Waals surface area contributed by atoms with E-state index < -0.39 is 17.8 Å². The fourth-order valence-electron chi connectivity index (χ4n) is 5.13. The summed E-state index contributed by atoms with van der Waals surface area (Å²) in [5, 5.41) is 7.66. The fraction of sp³-hybridized carbons (Fsp3) is 0.147. The van der Waals surface area contributed by atoms with Crippen LogP contribution in [0.1, 0.15) is 37.9 Å². The van der Waals surface area contributed by atoms with Crippen molar-refractivity contribution in [3.8, 4) is 11.1 Å². The van der Waals surface area contributed by atoms with Crippen LogP contribution in [-0.2, 0) is 21.4 Å². The van der Waals surface area contributed by atoms with Crippen LogP contribution in [0, 0.1) is 0 Å². The Morgan fingerprint density at radius 3 is 2.28 bits per heavy atom. The van der Waals surface area contributed by atoms with Gasteiger partial charge in [-0.3, -0.25) is 14.6 Å². The lowest BCUT2D eigenvalue weighted by Gasteiger charge is -2.24. The molecule has 9 nitrogen and oxygen atoms in total. The second-order valence-electron chi connectivity index (χ2n) is 11.4. The van der Waals surface area contributed by atoms with Gasteiger partial charge in [-0.25, -0.2) is 14.7 Å². The molecule has 5 aromatic rings. The molecule has 0 saturated heterocycles. The van der Waals surface area contributed by atoms with Crippen LogP contribution in [-0.4, -0.2) is 32.8 Å². The first-order valence-corrected chi connectivity index (χ1v) is 13.9. The third-order valence-electron chi connectivity index (χ3n) is 7.37. The molecule has 214 valence electrons. The summed E-state index contributed by atoms with van der Waals surface area (Å²) in [5.41, 5.74) is 4.84.